The van der Waals surface area contributed by atoms with Gasteiger partial charge in [0.1, 0.15) is 5.82 Å². The monoisotopic (exact) mass is 617 g/mol. The average molecular weight is 619 g/mol. The van der Waals surface area contributed by atoms with Crippen LogP contribution in [0.25, 0.3) is 0 Å². The van der Waals surface area contributed by atoms with Crippen LogP contribution in [0.1, 0.15) is 63.4 Å². The molecule has 4 rings (SSSR count). The number of rotatable bonds is 10. The first-order valence-electron chi connectivity index (χ1n) is 14.2. The van der Waals surface area contributed by atoms with Crippen LogP contribution >= 0.6 is 24.8 Å². The van der Waals surface area contributed by atoms with E-state index < -0.39 is 15.3 Å². The average Bonchev–Trinajstić information content (AvgIpc) is 2.89. The van der Waals surface area contributed by atoms with E-state index in [0.717, 1.165) is 63.8 Å². The third-order valence-corrected chi connectivity index (χ3v) is 10.1. The molecule has 226 valence electrons. The number of sulfone groups is 1. The number of amides is 1. The molecular formula is C30H46Cl2FN3O3S. The maximum atomic E-state index is 14.2. The molecule has 2 heterocycles. The van der Waals surface area contributed by atoms with Crippen molar-refractivity contribution in [3.8, 4) is 0 Å². The number of hydrogen-bond acceptors (Lipinski definition) is 5. The van der Waals surface area contributed by atoms with E-state index in [0.29, 0.717) is 42.0 Å². The summed E-state index contributed by atoms with van der Waals surface area (Å²) < 4.78 is 38.6. The van der Waals surface area contributed by atoms with Crippen molar-refractivity contribution < 1.29 is 17.6 Å². The second-order valence-electron chi connectivity index (χ2n) is 11.5. The van der Waals surface area contributed by atoms with E-state index >= 15 is 0 Å². The van der Waals surface area contributed by atoms with E-state index in [2.05, 4.69) is 22.0 Å². The molecule has 1 aromatic carbocycles. The van der Waals surface area contributed by atoms with Crippen molar-refractivity contribution in [1.29, 1.82) is 0 Å². The van der Waals surface area contributed by atoms with E-state index in [4.69, 9.17) is 0 Å². The highest BCUT2D eigenvalue weighted by atomic mass is 35.5. The Kier molecular flexibility index (Phi) is 13.6. The van der Waals surface area contributed by atoms with Crippen molar-refractivity contribution >= 4 is 40.6 Å². The molecule has 0 saturated carbocycles. The largest absolute Gasteiger partial charge is 0.356 e. The Balaban J connectivity index is 0.00000280. The van der Waals surface area contributed by atoms with Crippen molar-refractivity contribution in [3.63, 3.8) is 0 Å². The SMILES string of the molecule is CCNC(=O)CC1(C2CCNCC2CCC(c2cccc(F)c2)C2CCNCC2)C=CC(S(C)(=O)=O)=CC1.Cl.Cl. The molecule has 2 saturated heterocycles. The summed E-state index contributed by atoms with van der Waals surface area (Å²) in [5.41, 5.74) is 0.677. The number of hydrogen-bond donors (Lipinski definition) is 3. The smallest absolute Gasteiger partial charge is 0.220 e. The van der Waals surface area contributed by atoms with Crippen LogP contribution < -0.4 is 16.0 Å². The van der Waals surface area contributed by atoms with Crippen LogP contribution in [0.4, 0.5) is 4.39 Å². The van der Waals surface area contributed by atoms with Gasteiger partial charge in [-0.3, -0.25) is 4.79 Å². The Bertz CT molecular complexity index is 1140. The Morgan fingerprint density at radius 2 is 1.88 bits per heavy atom. The lowest BCUT2D eigenvalue weighted by Gasteiger charge is -2.46. The van der Waals surface area contributed by atoms with Gasteiger partial charge in [-0.25, -0.2) is 12.8 Å². The summed E-state index contributed by atoms with van der Waals surface area (Å²) in [7, 11) is -3.30. The number of benzene rings is 1. The van der Waals surface area contributed by atoms with Gasteiger partial charge >= 0.3 is 0 Å². The van der Waals surface area contributed by atoms with Crippen molar-refractivity contribution in [2.45, 2.75) is 57.8 Å². The molecule has 2 fully saturated rings. The Hall–Kier alpha value is -1.45. The minimum absolute atomic E-state index is 0. The van der Waals surface area contributed by atoms with E-state index in [9.17, 15) is 17.6 Å². The number of carbonyl (C=O) groups is 1. The molecular weight excluding hydrogens is 572 g/mol. The maximum absolute atomic E-state index is 14.2. The molecule has 1 amide bonds. The lowest BCUT2D eigenvalue weighted by molar-refractivity contribution is -0.124. The van der Waals surface area contributed by atoms with Gasteiger partial charge in [-0.15, -0.1) is 24.8 Å². The molecule has 3 N–H and O–H groups in total. The van der Waals surface area contributed by atoms with Crippen LogP contribution in [-0.4, -0.2) is 53.3 Å². The van der Waals surface area contributed by atoms with Gasteiger partial charge in [-0.05, 0) is 119 Å². The molecule has 0 bridgehead atoms. The fraction of sp³-hybridized carbons (Fsp3) is 0.633. The molecule has 2 aliphatic heterocycles. The van der Waals surface area contributed by atoms with Crippen molar-refractivity contribution in [1.82, 2.24) is 16.0 Å². The van der Waals surface area contributed by atoms with Crippen LogP contribution in [0, 0.1) is 29.0 Å². The number of halogens is 3. The van der Waals surface area contributed by atoms with Gasteiger partial charge in [0, 0.05) is 24.6 Å². The number of piperidine rings is 2. The molecule has 1 aromatic rings. The molecule has 4 atom stereocenters. The van der Waals surface area contributed by atoms with Gasteiger partial charge in [0.2, 0.25) is 5.91 Å². The highest BCUT2D eigenvalue weighted by Crippen LogP contribution is 2.49. The minimum Gasteiger partial charge on any atom is -0.356 e. The highest BCUT2D eigenvalue weighted by molar-refractivity contribution is 7.94. The molecule has 0 aromatic heterocycles. The summed E-state index contributed by atoms with van der Waals surface area (Å²) in [4.78, 5) is 13.2. The molecule has 4 unspecified atom stereocenters. The third-order valence-electron chi connectivity index (χ3n) is 8.98. The highest BCUT2D eigenvalue weighted by Gasteiger charge is 2.44. The van der Waals surface area contributed by atoms with E-state index in [1.54, 1.807) is 12.1 Å². The van der Waals surface area contributed by atoms with Gasteiger partial charge in [0.15, 0.2) is 9.84 Å². The van der Waals surface area contributed by atoms with Crippen molar-refractivity contribution in [2.24, 2.45) is 23.2 Å². The van der Waals surface area contributed by atoms with E-state index in [1.165, 1.54) is 12.3 Å². The molecule has 3 aliphatic rings. The lowest BCUT2D eigenvalue weighted by atomic mass is 9.60. The van der Waals surface area contributed by atoms with Crippen molar-refractivity contribution in [2.75, 3.05) is 39.0 Å². The number of nitrogens with one attached hydrogen (secondary N) is 3. The van der Waals surface area contributed by atoms with Gasteiger partial charge in [-0.2, -0.15) is 0 Å². The first kappa shape index (κ1) is 34.7. The molecule has 10 heteroatoms. The van der Waals surface area contributed by atoms with Gasteiger partial charge in [-0.1, -0.05) is 24.3 Å². The predicted molar refractivity (Wildman–Crippen MR) is 165 cm³/mol. The zero-order valence-corrected chi connectivity index (χ0v) is 26.1. The zero-order valence-electron chi connectivity index (χ0n) is 23.7. The topological polar surface area (TPSA) is 87.3 Å². The fourth-order valence-corrected chi connectivity index (χ4v) is 7.78. The van der Waals surface area contributed by atoms with E-state index in [-0.39, 0.29) is 42.5 Å². The van der Waals surface area contributed by atoms with Crippen molar-refractivity contribution in [3.05, 3.63) is 58.8 Å². The zero-order chi connectivity index (χ0) is 27.2. The normalized spacial score (nSPS) is 26.1. The lowest BCUT2D eigenvalue weighted by Crippen LogP contribution is -2.47. The molecule has 6 nitrogen and oxygen atoms in total. The molecule has 0 spiro atoms. The summed E-state index contributed by atoms with van der Waals surface area (Å²) in [6, 6.07) is 7.12. The number of carbonyl (C=O) groups excluding carboxylic acids is 1. The minimum atomic E-state index is -3.30. The van der Waals surface area contributed by atoms with Crippen LogP contribution in [-0.2, 0) is 14.6 Å². The molecule has 1 aliphatic carbocycles. The van der Waals surface area contributed by atoms with Crippen LogP contribution in [0.3, 0.4) is 0 Å². The standard InChI is InChI=1S/C30H44FN3O3S.2ClH/c1-3-34-29(35)20-30(14-9-26(10-15-30)38(2,36)37)28-13-18-33-21-24(28)7-8-27(22-11-16-32-17-12-22)23-5-4-6-25(31)19-23;;/h4-6,9-10,14,19,22,24,27-28,32-33H,3,7-8,11-13,15-18,20-21H2,1-2H3,(H,34,35);2*1H. The van der Waals surface area contributed by atoms with Gasteiger partial charge in [0.05, 0.1) is 4.91 Å². The second kappa shape index (κ2) is 15.7. The molecule has 0 radical (unpaired) electrons. The predicted octanol–water partition coefficient (Wildman–Crippen LogP) is 5.16. The summed E-state index contributed by atoms with van der Waals surface area (Å²) in [5.74, 6) is 1.24. The first-order valence-corrected chi connectivity index (χ1v) is 16.1. The second-order valence-corrected chi connectivity index (χ2v) is 13.5. The maximum Gasteiger partial charge on any atom is 0.220 e. The Morgan fingerprint density at radius 3 is 2.50 bits per heavy atom. The Labute approximate surface area is 252 Å². The third kappa shape index (κ3) is 8.78. The summed E-state index contributed by atoms with van der Waals surface area (Å²) in [6.07, 6.45) is 12.8. The van der Waals surface area contributed by atoms with Gasteiger partial charge in [0.25, 0.3) is 0 Å². The van der Waals surface area contributed by atoms with Crippen LogP contribution in [0.2, 0.25) is 0 Å². The van der Waals surface area contributed by atoms with E-state index in [1.807, 2.05) is 25.1 Å². The summed E-state index contributed by atoms with van der Waals surface area (Å²) >= 11 is 0. The molecule has 40 heavy (non-hydrogen) atoms. The van der Waals surface area contributed by atoms with Crippen LogP contribution in [0.15, 0.2) is 47.4 Å². The summed E-state index contributed by atoms with van der Waals surface area (Å²) in [6.45, 7) is 6.25. The quantitative estimate of drug-likeness (QED) is 0.338. The fourth-order valence-electron chi connectivity index (χ4n) is 7.08. The Morgan fingerprint density at radius 1 is 1.15 bits per heavy atom. The first-order chi connectivity index (χ1) is 18.2. The summed E-state index contributed by atoms with van der Waals surface area (Å²) in [5, 5.41) is 10.0. The van der Waals surface area contributed by atoms with Crippen LogP contribution in [0.5, 0.6) is 0 Å². The van der Waals surface area contributed by atoms with Gasteiger partial charge < -0.3 is 16.0 Å². The number of allylic oxidation sites excluding steroid dienone is 3.